The second-order valence-corrected chi connectivity index (χ2v) is 7.49. The van der Waals surface area contributed by atoms with Crippen molar-refractivity contribution in [1.82, 2.24) is 19.7 Å². The molecule has 0 bridgehead atoms. The molecule has 146 valence electrons. The average Bonchev–Trinajstić information content (AvgIpc) is 3.36. The van der Waals surface area contributed by atoms with Crippen molar-refractivity contribution >= 4 is 34.4 Å². The summed E-state index contributed by atoms with van der Waals surface area (Å²) < 4.78 is 15.3. The van der Waals surface area contributed by atoms with E-state index in [0.29, 0.717) is 39.2 Å². The summed E-state index contributed by atoms with van der Waals surface area (Å²) >= 11 is 6.22. The van der Waals surface area contributed by atoms with Crippen molar-refractivity contribution in [3.63, 3.8) is 0 Å². The van der Waals surface area contributed by atoms with Crippen molar-refractivity contribution in [2.45, 2.75) is 12.8 Å². The van der Waals surface area contributed by atoms with E-state index in [4.69, 9.17) is 22.3 Å². The van der Waals surface area contributed by atoms with Crippen molar-refractivity contribution in [3.05, 3.63) is 59.4 Å². The van der Waals surface area contributed by atoms with Gasteiger partial charge in [0, 0.05) is 23.7 Å². The lowest BCUT2D eigenvalue weighted by Crippen LogP contribution is -2.20. The fraction of sp³-hybridized carbons (Fsp3) is 0.190. The first kappa shape index (κ1) is 17.9. The number of nitrogens with two attached hydrogens (primary N) is 1. The summed E-state index contributed by atoms with van der Waals surface area (Å²) in [5, 5.41) is 5.81. The number of anilines is 2. The smallest absolute Gasteiger partial charge is 0.228 e. The lowest BCUT2D eigenvalue weighted by Gasteiger charge is -2.16. The lowest BCUT2D eigenvalue weighted by atomic mass is 10.1. The third kappa shape index (κ3) is 3.17. The molecule has 1 saturated heterocycles. The Kier molecular flexibility index (Phi) is 4.32. The van der Waals surface area contributed by atoms with Crippen LogP contribution in [0.25, 0.3) is 28.0 Å². The molecule has 0 spiro atoms. The predicted molar refractivity (Wildman–Crippen MR) is 113 cm³/mol. The Bertz CT molecular complexity index is 1220. The minimum absolute atomic E-state index is 0.355. The Morgan fingerprint density at radius 2 is 1.79 bits per heavy atom. The zero-order valence-electron chi connectivity index (χ0n) is 15.5. The van der Waals surface area contributed by atoms with Gasteiger partial charge in [0.15, 0.2) is 5.65 Å². The second kappa shape index (κ2) is 7.00. The van der Waals surface area contributed by atoms with E-state index in [1.807, 2.05) is 24.3 Å². The highest BCUT2D eigenvalue weighted by molar-refractivity contribution is 6.30. The number of fused-ring (bicyclic) bond motifs is 1. The van der Waals surface area contributed by atoms with Crippen LogP contribution < -0.4 is 10.6 Å². The van der Waals surface area contributed by atoms with Crippen LogP contribution in [-0.4, -0.2) is 32.8 Å². The van der Waals surface area contributed by atoms with Gasteiger partial charge in [0.2, 0.25) is 5.95 Å². The quantitative estimate of drug-likeness (QED) is 0.542. The van der Waals surface area contributed by atoms with Crippen LogP contribution in [0.4, 0.5) is 16.2 Å². The topological polar surface area (TPSA) is 72.9 Å². The van der Waals surface area contributed by atoms with Gasteiger partial charge < -0.3 is 10.6 Å². The number of hydrogen-bond acceptors (Lipinski definition) is 5. The standard InChI is InChI=1S/C21H18ClFN6/c22-14-6-3-5-13(11-14)18-17-19(24)29(16-8-4-7-15(23)12-16)27-20(17)26-21(25-18)28-9-1-2-10-28/h3-8,11-12H,1-2,9-10,24H2. The zero-order valence-corrected chi connectivity index (χ0v) is 16.3. The highest BCUT2D eigenvalue weighted by atomic mass is 35.5. The van der Waals surface area contributed by atoms with Gasteiger partial charge in [-0.15, -0.1) is 5.10 Å². The largest absolute Gasteiger partial charge is 0.383 e. The first-order valence-corrected chi connectivity index (χ1v) is 9.81. The normalized spacial score (nSPS) is 14.1. The van der Waals surface area contributed by atoms with E-state index in [9.17, 15) is 4.39 Å². The molecule has 1 fully saturated rings. The number of aromatic nitrogens is 4. The molecule has 1 aliphatic rings. The minimum atomic E-state index is -0.361. The Hall–Kier alpha value is -3.19. The predicted octanol–water partition coefficient (Wildman–Crippen LogP) is 4.46. The number of rotatable bonds is 3. The lowest BCUT2D eigenvalue weighted by molar-refractivity contribution is 0.625. The molecule has 0 aliphatic carbocycles. The summed E-state index contributed by atoms with van der Waals surface area (Å²) in [5.41, 5.74) is 8.95. The van der Waals surface area contributed by atoms with Crippen LogP contribution in [0, 0.1) is 5.82 Å². The van der Waals surface area contributed by atoms with Gasteiger partial charge in [-0.3, -0.25) is 0 Å². The molecule has 1 aliphatic heterocycles. The molecular weight excluding hydrogens is 391 g/mol. The van der Waals surface area contributed by atoms with Gasteiger partial charge in [0.25, 0.3) is 0 Å². The van der Waals surface area contributed by atoms with Crippen LogP contribution in [0.1, 0.15) is 12.8 Å². The summed E-state index contributed by atoms with van der Waals surface area (Å²) in [6.07, 6.45) is 2.21. The molecule has 0 amide bonds. The van der Waals surface area contributed by atoms with Crippen molar-refractivity contribution in [2.24, 2.45) is 0 Å². The Balaban J connectivity index is 1.78. The van der Waals surface area contributed by atoms with Crippen molar-refractivity contribution in [3.8, 4) is 16.9 Å². The third-order valence-electron chi connectivity index (χ3n) is 5.10. The highest BCUT2D eigenvalue weighted by Crippen LogP contribution is 2.34. The summed E-state index contributed by atoms with van der Waals surface area (Å²) in [4.78, 5) is 11.6. The molecular formula is C21H18ClFN6. The Morgan fingerprint density at radius 1 is 1.00 bits per heavy atom. The number of benzene rings is 2. The van der Waals surface area contributed by atoms with Gasteiger partial charge in [-0.2, -0.15) is 4.98 Å². The van der Waals surface area contributed by atoms with Gasteiger partial charge in [0.05, 0.1) is 16.8 Å². The molecule has 29 heavy (non-hydrogen) atoms. The van der Waals surface area contributed by atoms with Crippen LogP contribution in [0.15, 0.2) is 48.5 Å². The molecule has 2 N–H and O–H groups in total. The number of halogens is 2. The first-order valence-electron chi connectivity index (χ1n) is 9.43. The SMILES string of the molecule is Nc1c2c(-c3cccc(Cl)c3)nc(N3CCCC3)nc2nn1-c1cccc(F)c1. The monoisotopic (exact) mass is 408 g/mol. The maximum absolute atomic E-state index is 13.8. The van der Waals surface area contributed by atoms with Crippen molar-refractivity contribution in [1.29, 1.82) is 0 Å². The van der Waals surface area contributed by atoms with E-state index >= 15 is 0 Å². The van der Waals surface area contributed by atoms with E-state index in [1.165, 1.54) is 16.8 Å². The summed E-state index contributed by atoms with van der Waals surface area (Å²) in [6.45, 7) is 1.81. The van der Waals surface area contributed by atoms with Gasteiger partial charge >= 0.3 is 0 Å². The second-order valence-electron chi connectivity index (χ2n) is 7.05. The van der Waals surface area contributed by atoms with E-state index < -0.39 is 0 Å². The summed E-state index contributed by atoms with van der Waals surface area (Å²) in [6, 6.07) is 13.6. The van der Waals surface area contributed by atoms with Gasteiger partial charge in [-0.25, -0.2) is 14.1 Å². The molecule has 2 aromatic carbocycles. The fourth-order valence-corrected chi connectivity index (χ4v) is 3.90. The number of nitrogen functional groups attached to an aromatic ring is 1. The zero-order chi connectivity index (χ0) is 20.0. The van der Waals surface area contributed by atoms with Crippen LogP contribution in [-0.2, 0) is 0 Å². The molecule has 3 heterocycles. The van der Waals surface area contributed by atoms with Crippen LogP contribution >= 0.6 is 11.6 Å². The van der Waals surface area contributed by atoms with Gasteiger partial charge in [-0.05, 0) is 43.2 Å². The molecule has 8 heteroatoms. The van der Waals surface area contributed by atoms with Gasteiger partial charge in [-0.1, -0.05) is 29.8 Å². The molecule has 5 rings (SSSR count). The molecule has 4 aromatic rings. The molecule has 0 atom stereocenters. The number of nitrogens with zero attached hydrogens (tertiary/aromatic N) is 5. The van der Waals surface area contributed by atoms with Crippen LogP contribution in [0.5, 0.6) is 0 Å². The van der Waals surface area contributed by atoms with Crippen LogP contribution in [0.3, 0.4) is 0 Å². The molecule has 6 nitrogen and oxygen atoms in total. The van der Waals surface area contributed by atoms with Gasteiger partial charge in [0.1, 0.15) is 11.6 Å². The maximum Gasteiger partial charge on any atom is 0.228 e. The van der Waals surface area contributed by atoms with Crippen molar-refractivity contribution in [2.75, 3.05) is 23.7 Å². The first-order chi connectivity index (χ1) is 14.1. The molecule has 0 radical (unpaired) electrons. The maximum atomic E-state index is 13.8. The van der Waals surface area contributed by atoms with E-state index in [2.05, 4.69) is 15.0 Å². The fourth-order valence-electron chi connectivity index (χ4n) is 3.71. The summed E-state index contributed by atoms with van der Waals surface area (Å²) in [7, 11) is 0. The third-order valence-corrected chi connectivity index (χ3v) is 5.33. The highest BCUT2D eigenvalue weighted by Gasteiger charge is 2.23. The van der Waals surface area contributed by atoms with E-state index in [1.54, 1.807) is 12.1 Å². The minimum Gasteiger partial charge on any atom is -0.383 e. The molecule has 0 unspecified atom stereocenters. The molecule has 0 saturated carbocycles. The average molecular weight is 409 g/mol. The Labute approximate surface area is 171 Å². The van der Waals surface area contributed by atoms with E-state index in [-0.39, 0.29) is 5.82 Å². The van der Waals surface area contributed by atoms with Crippen molar-refractivity contribution < 1.29 is 4.39 Å². The van der Waals surface area contributed by atoms with Crippen LogP contribution in [0.2, 0.25) is 5.02 Å². The Morgan fingerprint density at radius 3 is 2.55 bits per heavy atom. The summed E-state index contributed by atoms with van der Waals surface area (Å²) in [5.74, 6) is 0.614. The molecule has 2 aromatic heterocycles. The number of hydrogen-bond donors (Lipinski definition) is 1. The van der Waals surface area contributed by atoms with E-state index in [0.717, 1.165) is 31.5 Å².